The molecule has 12 heavy (non-hydrogen) atoms. The van der Waals surface area contributed by atoms with Gasteiger partial charge in [0.2, 0.25) is 0 Å². The van der Waals surface area contributed by atoms with E-state index in [1.54, 1.807) is 0 Å². The fraction of sp³-hybridized carbons (Fsp3) is 1.00. The summed E-state index contributed by atoms with van der Waals surface area (Å²) in [5, 5.41) is 10.4. The Balaban J connectivity index is 2.20. The van der Waals surface area contributed by atoms with Crippen LogP contribution in [0, 0.1) is 0 Å². The van der Waals surface area contributed by atoms with Crippen molar-refractivity contribution in [1.29, 1.82) is 0 Å². The van der Waals surface area contributed by atoms with Gasteiger partial charge in [0.05, 0.1) is 6.61 Å². The van der Waals surface area contributed by atoms with E-state index in [0.717, 1.165) is 32.7 Å². The molecule has 0 N–H and O–H groups in total. The molecule has 0 amide bonds. The van der Waals surface area contributed by atoms with Crippen LogP contribution < -0.4 is 0 Å². The topological polar surface area (TPSA) is 26.4 Å². The van der Waals surface area contributed by atoms with Crippen LogP contribution in [0.3, 0.4) is 0 Å². The molecule has 3 nitrogen and oxygen atoms in total. The first-order valence-electron chi connectivity index (χ1n) is 4.78. The lowest BCUT2D eigenvalue weighted by atomic mass is 10.2. The van der Waals surface area contributed by atoms with Crippen LogP contribution in [0.5, 0.6) is 0 Å². The van der Waals surface area contributed by atoms with Gasteiger partial charge in [-0.25, -0.2) is 5.11 Å². The summed E-state index contributed by atoms with van der Waals surface area (Å²) in [6, 6.07) is 0.652. The van der Waals surface area contributed by atoms with Gasteiger partial charge in [-0.05, 0) is 13.8 Å². The summed E-state index contributed by atoms with van der Waals surface area (Å²) in [6.45, 7) is 9.61. The average molecular weight is 171 g/mol. The average Bonchev–Trinajstić information content (AvgIpc) is 2.06. The number of piperazine rings is 1. The van der Waals surface area contributed by atoms with Crippen molar-refractivity contribution in [1.82, 2.24) is 9.80 Å². The minimum Gasteiger partial charge on any atom is -0.298 e. The minimum atomic E-state index is 0.0433. The zero-order chi connectivity index (χ0) is 8.97. The number of rotatable bonds is 3. The Labute approximate surface area is 75.0 Å². The summed E-state index contributed by atoms with van der Waals surface area (Å²) in [7, 11) is 0. The molecular formula is C9H19N2O. The van der Waals surface area contributed by atoms with Gasteiger partial charge in [-0.2, -0.15) is 0 Å². The smallest absolute Gasteiger partial charge is 0.0949 e. The van der Waals surface area contributed by atoms with Crippen LogP contribution in [0.4, 0.5) is 0 Å². The lowest BCUT2D eigenvalue weighted by Crippen LogP contribution is -2.49. The largest absolute Gasteiger partial charge is 0.298 e. The van der Waals surface area contributed by atoms with E-state index in [0.29, 0.717) is 6.04 Å². The number of nitrogens with zero attached hydrogens (tertiary/aromatic N) is 2. The molecule has 1 saturated heterocycles. The van der Waals surface area contributed by atoms with Crippen molar-refractivity contribution in [2.45, 2.75) is 19.9 Å². The van der Waals surface area contributed by atoms with Crippen molar-refractivity contribution in [3.63, 3.8) is 0 Å². The molecule has 1 aliphatic rings. The zero-order valence-corrected chi connectivity index (χ0v) is 8.12. The van der Waals surface area contributed by atoms with Crippen LogP contribution in [0.15, 0.2) is 0 Å². The summed E-state index contributed by atoms with van der Waals surface area (Å²) in [5.74, 6) is 0. The van der Waals surface area contributed by atoms with Crippen molar-refractivity contribution in [2.75, 3.05) is 39.3 Å². The molecule has 3 heteroatoms. The summed E-state index contributed by atoms with van der Waals surface area (Å²) >= 11 is 0. The van der Waals surface area contributed by atoms with Crippen LogP contribution in [0.25, 0.3) is 0 Å². The van der Waals surface area contributed by atoms with E-state index in [1.807, 2.05) is 0 Å². The van der Waals surface area contributed by atoms with Crippen molar-refractivity contribution < 1.29 is 5.11 Å². The summed E-state index contributed by atoms with van der Waals surface area (Å²) in [6.07, 6.45) is 0. The lowest BCUT2D eigenvalue weighted by molar-refractivity contribution is 0.0790. The third-order valence-corrected chi connectivity index (χ3v) is 2.54. The maximum absolute atomic E-state index is 10.4. The number of hydrogen-bond donors (Lipinski definition) is 0. The SMILES string of the molecule is CC(C)N1CCN(CC[O])CC1. The highest BCUT2D eigenvalue weighted by atomic mass is 16.3. The monoisotopic (exact) mass is 171 g/mol. The van der Waals surface area contributed by atoms with Crippen molar-refractivity contribution in [3.8, 4) is 0 Å². The third kappa shape index (κ3) is 2.73. The molecule has 1 rings (SSSR count). The van der Waals surface area contributed by atoms with Crippen molar-refractivity contribution in [3.05, 3.63) is 0 Å². The molecule has 0 unspecified atom stereocenters. The van der Waals surface area contributed by atoms with Gasteiger partial charge in [0.25, 0.3) is 0 Å². The molecule has 0 aromatic carbocycles. The van der Waals surface area contributed by atoms with E-state index < -0.39 is 0 Å². The van der Waals surface area contributed by atoms with Gasteiger partial charge in [-0.3, -0.25) is 9.80 Å². The molecule has 0 spiro atoms. The molecule has 0 aromatic rings. The first-order chi connectivity index (χ1) is 5.74. The Bertz CT molecular complexity index is 120. The van der Waals surface area contributed by atoms with Crippen LogP contribution in [-0.2, 0) is 5.11 Å². The van der Waals surface area contributed by atoms with Gasteiger partial charge in [0, 0.05) is 38.8 Å². The molecular weight excluding hydrogens is 152 g/mol. The number of hydrogen-bond acceptors (Lipinski definition) is 2. The molecule has 71 valence electrons. The van der Waals surface area contributed by atoms with Gasteiger partial charge >= 0.3 is 0 Å². The van der Waals surface area contributed by atoms with E-state index in [9.17, 15) is 5.11 Å². The fourth-order valence-electron chi connectivity index (χ4n) is 1.63. The second-order valence-electron chi connectivity index (χ2n) is 3.68. The quantitative estimate of drug-likeness (QED) is 0.616. The van der Waals surface area contributed by atoms with Gasteiger partial charge in [-0.1, -0.05) is 0 Å². The summed E-state index contributed by atoms with van der Waals surface area (Å²) in [4.78, 5) is 4.72. The second-order valence-corrected chi connectivity index (χ2v) is 3.68. The molecule has 0 atom stereocenters. The highest BCUT2D eigenvalue weighted by Gasteiger charge is 2.17. The van der Waals surface area contributed by atoms with Crippen molar-refractivity contribution in [2.24, 2.45) is 0 Å². The van der Waals surface area contributed by atoms with Crippen LogP contribution >= 0.6 is 0 Å². The zero-order valence-electron chi connectivity index (χ0n) is 8.12. The normalized spacial score (nSPS) is 22.0. The Morgan fingerprint density at radius 1 is 1.17 bits per heavy atom. The first-order valence-corrected chi connectivity index (χ1v) is 4.78. The minimum absolute atomic E-state index is 0.0433. The molecule has 1 heterocycles. The molecule has 0 aromatic heterocycles. The molecule has 1 radical (unpaired) electrons. The van der Waals surface area contributed by atoms with E-state index >= 15 is 0 Å². The first kappa shape index (κ1) is 9.96. The standard InChI is InChI=1S/C9H19N2O/c1-9(2)11-5-3-10(4-6-11)7-8-12/h9H,3-8H2,1-2H3. The molecule has 1 aliphatic heterocycles. The van der Waals surface area contributed by atoms with E-state index in [1.165, 1.54) is 0 Å². The van der Waals surface area contributed by atoms with Gasteiger partial charge in [0.1, 0.15) is 0 Å². The molecule has 1 fully saturated rings. The van der Waals surface area contributed by atoms with Crippen LogP contribution in [-0.4, -0.2) is 55.2 Å². The predicted molar refractivity (Wildman–Crippen MR) is 48.7 cm³/mol. The van der Waals surface area contributed by atoms with E-state index in [4.69, 9.17) is 0 Å². The summed E-state index contributed by atoms with van der Waals surface area (Å²) < 4.78 is 0. The highest BCUT2D eigenvalue weighted by molar-refractivity contribution is 4.73. The molecule has 0 aliphatic carbocycles. The van der Waals surface area contributed by atoms with Gasteiger partial charge in [-0.15, -0.1) is 0 Å². The van der Waals surface area contributed by atoms with E-state index in [2.05, 4.69) is 23.6 Å². The van der Waals surface area contributed by atoms with Crippen LogP contribution in [0.2, 0.25) is 0 Å². The fourth-order valence-corrected chi connectivity index (χ4v) is 1.63. The highest BCUT2D eigenvalue weighted by Crippen LogP contribution is 2.04. The van der Waals surface area contributed by atoms with Gasteiger partial charge < -0.3 is 0 Å². The van der Waals surface area contributed by atoms with E-state index in [-0.39, 0.29) is 6.61 Å². The Kier molecular flexibility index (Phi) is 3.98. The Morgan fingerprint density at radius 3 is 2.17 bits per heavy atom. The summed E-state index contributed by atoms with van der Waals surface area (Å²) in [5.41, 5.74) is 0. The Morgan fingerprint density at radius 2 is 1.75 bits per heavy atom. The maximum atomic E-state index is 10.4. The third-order valence-electron chi connectivity index (χ3n) is 2.54. The predicted octanol–water partition coefficient (Wildman–Crippen LogP) is 0.443. The lowest BCUT2D eigenvalue weighted by Gasteiger charge is -2.36. The molecule has 0 bridgehead atoms. The second kappa shape index (κ2) is 4.80. The molecule has 0 saturated carbocycles. The Hall–Kier alpha value is -0.120. The maximum Gasteiger partial charge on any atom is 0.0949 e. The van der Waals surface area contributed by atoms with Gasteiger partial charge in [0.15, 0.2) is 0 Å². The van der Waals surface area contributed by atoms with Crippen molar-refractivity contribution >= 4 is 0 Å². The van der Waals surface area contributed by atoms with Crippen LogP contribution in [0.1, 0.15) is 13.8 Å².